The lowest BCUT2D eigenvalue weighted by atomic mass is 10.0. The average molecular weight is 533 g/mol. The Bertz CT molecular complexity index is 1670. The smallest absolute Gasteiger partial charge is 0.159 e. The molecule has 1 aliphatic carbocycles. The Balaban J connectivity index is 1.29. The maximum atomic E-state index is 13.6. The first kappa shape index (κ1) is 25.9. The summed E-state index contributed by atoms with van der Waals surface area (Å²) in [6, 6.07) is 14.9. The molecule has 6 rings (SSSR count). The quantitative estimate of drug-likeness (QED) is 0.173. The van der Waals surface area contributed by atoms with Crippen molar-refractivity contribution in [3.05, 3.63) is 108 Å². The Morgan fingerprint density at radius 3 is 2.70 bits per heavy atom. The molecule has 1 saturated carbocycles. The number of aromatic amines is 2. The van der Waals surface area contributed by atoms with Crippen molar-refractivity contribution < 1.29 is 4.39 Å². The van der Waals surface area contributed by atoms with E-state index >= 15 is 0 Å². The van der Waals surface area contributed by atoms with Gasteiger partial charge in [-0.1, -0.05) is 49.8 Å². The standard InChI is InChI=1S/C33H33FN6/c1-3-6-28(24-9-12-27(34)13-10-24)31-21(2)37-33(38-31)32-29-16-25(11-14-30(29)39-40-32)26-15-23(19-36-20-26)18-35-17-22-7-4-5-8-22/h3,6,9-16,19-20,22,35H,1,4-5,7-8,17-18H2,2H3,(H,37,38)(H,39,40)/b28-6-. The van der Waals surface area contributed by atoms with E-state index in [1.165, 1.54) is 43.4 Å². The van der Waals surface area contributed by atoms with Crippen LogP contribution >= 0.6 is 0 Å². The van der Waals surface area contributed by atoms with Gasteiger partial charge in [-0.2, -0.15) is 5.10 Å². The van der Waals surface area contributed by atoms with Crippen LogP contribution in [0.5, 0.6) is 0 Å². The average Bonchev–Trinajstić information content (AvgIpc) is 3.72. The molecule has 0 amide bonds. The lowest BCUT2D eigenvalue weighted by Crippen LogP contribution is -2.20. The van der Waals surface area contributed by atoms with Crippen LogP contribution in [0.4, 0.5) is 4.39 Å². The van der Waals surface area contributed by atoms with Crippen LogP contribution in [0.3, 0.4) is 0 Å². The van der Waals surface area contributed by atoms with Crippen molar-refractivity contribution in [2.75, 3.05) is 6.54 Å². The van der Waals surface area contributed by atoms with Crippen molar-refractivity contribution in [3.8, 4) is 22.6 Å². The lowest BCUT2D eigenvalue weighted by molar-refractivity contribution is 0.489. The maximum absolute atomic E-state index is 13.6. The third-order valence-electron chi connectivity index (χ3n) is 7.73. The molecule has 1 fully saturated rings. The summed E-state index contributed by atoms with van der Waals surface area (Å²) in [7, 11) is 0. The molecule has 3 N–H and O–H groups in total. The second-order valence-corrected chi connectivity index (χ2v) is 10.6. The topological polar surface area (TPSA) is 82.3 Å². The van der Waals surface area contributed by atoms with Crippen molar-refractivity contribution in [1.82, 2.24) is 30.5 Å². The number of rotatable bonds is 9. The van der Waals surface area contributed by atoms with E-state index in [2.05, 4.69) is 50.3 Å². The molecule has 3 aromatic heterocycles. The molecule has 0 saturated heterocycles. The molecule has 5 aromatic rings. The van der Waals surface area contributed by atoms with Gasteiger partial charge in [-0.05, 0) is 79.3 Å². The van der Waals surface area contributed by atoms with E-state index in [0.29, 0.717) is 5.82 Å². The summed E-state index contributed by atoms with van der Waals surface area (Å²) < 4.78 is 13.6. The van der Waals surface area contributed by atoms with E-state index < -0.39 is 0 Å². The number of fused-ring (bicyclic) bond motifs is 1. The monoisotopic (exact) mass is 532 g/mol. The van der Waals surface area contributed by atoms with E-state index in [1.807, 2.05) is 31.5 Å². The molecule has 0 unspecified atom stereocenters. The first-order valence-corrected chi connectivity index (χ1v) is 13.9. The van der Waals surface area contributed by atoms with Crippen LogP contribution in [-0.4, -0.2) is 31.7 Å². The molecule has 2 aromatic carbocycles. The molecule has 0 spiro atoms. The number of hydrogen-bond acceptors (Lipinski definition) is 4. The second-order valence-electron chi connectivity index (χ2n) is 10.6. The number of benzene rings is 2. The number of aromatic nitrogens is 5. The number of H-pyrrole nitrogens is 2. The summed E-state index contributed by atoms with van der Waals surface area (Å²) in [5.74, 6) is 1.19. The number of pyridine rings is 1. The molecular weight excluding hydrogens is 499 g/mol. The fourth-order valence-corrected chi connectivity index (χ4v) is 5.65. The minimum atomic E-state index is -0.277. The van der Waals surface area contributed by atoms with Gasteiger partial charge in [-0.25, -0.2) is 9.37 Å². The lowest BCUT2D eigenvalue weighted by Gasteiger charge is -2.11. The van der Waals surface area contributed by atoms with Crippen LogP contribution in [0.1, 0.15) is 48.2 Å². The minimum Gasteiger partial charge on any atom is -0.340 e. The highest BCUT2D eigenvalue weighted by Crippen LogP contribution is 2.32. The first-order valence-electron chi connectivity index (χ1n) is 13.9. The van der Waals surface area contributed by atoms with Crippen LogP contribution in [0, 0.1) is 18.7 Å². The van der Waals surface area contributed by atoms with E-state index in [4.69, 9.17) is 4.98 Å². The summed E-state index contributed by atoms with van der Waals surface area (Å²) >= 11 is 0. The fourth-order valence-electron chi connectivity index (χ4n) is 5.65. The molecular formula is C33H33FN6. The molecule has 40 heavy (non-hydrogen) atoms. The van der Waals surface area contributed by atoms with Gasteiger partial charge in [0, 0.05) is 41.2 Å². The van der Waals surface area contributed by atoms with Crippen molar-refractivity contribution in [2.45, 2.75) is 39.2 Å². The summed E-state index contributed by atoms with van der Waals surface area (Å²) in [5, 5.41) is 12.3. The highest BCUT2D eigenvalue weighted by atomic mass is 19.1. The zero-order valence-electron chi connectivity index (χ0n) is 22.7. The van der Waals surface area contributed by atoms with Crippen molar-refractivity contribution in [1.29, 1.82) is 0 Å². The highest BCUT2D eigenvalue weighted by Gasteiger charge is 2.18. The molecule has 0 atom stereocenters. The SMILES string of the molecule is C=C/C=C(/c1ccc(F)cc1)c1nc(-c2n[nH]c3ccc(-c4cncc(CNCC5CCCC5)c4)cc23)[nH]c1C. The Kier molecular flexibility index (Phi) is 7.38. The van der Waals surface area contributed by atoms with Gasteiger partial charge in [-0.15, -0.1) is 0 Å². The third kappa shape index (κ3) is 5.38. The van der Waals surface area contributed by atoms with Gasteiger partial charge in [0.15, 0.2) is 5.82 Å². The predicted molar refractivity (Wildman–Crippen MR) is 159 cm³/mol. The zero-order chi connectivity index (χ0) is 27.5. The van der Waals surface area contributed by atoms with Crippen LogP contribution < -0.4 is 5.32 Å². The van der Waals surface area contributed by atoms with Gasteiger partial charge in [0.05, 0.1) is 11.2 Å². The Hall–Kier alpha value is -4.36. The van der Waals surface area contributed by atoms with Crippen molar-refractivity contribution >= 4 is 16.5 Å². The summed E-state index contributed by atoms with van der Waals surface area (Å²) in [6.45, 7) is 7.73. The molecule has 0 aliphatic heterocycles. The molecule has 1 aliphatic rings. The zero-order valence-corrected chi connectivity index (χ0v) is 22.7. The van der Waals surface area contributed by atoms with Crippen LogP contribution in [0.25, 0.3) is 39.1 Å². The number of nitrogens with one attached hydrogen (secondary N) is 3. The minimum absolute atomic E-state index is 0.277. The summed E-state index contributed by atoms with van der Waals surface area (Å²) in [5.41, 5.74) is 8.37. The van der Waals surface area contributed by atoms with E-state index in [-0.39, 0.29) is 5.82 Å². The molecule has 0 bridgehead atoms. The van der Waals surface area contributed by atoms with E-state index in [0.717, 1.165) is 69.3 Å². The summed E-state index contributed by atoms with van der Waals surface area (Å²) in [6.07, 6.45) is 12.9. The van der Waals surface area contributed by atoms with Crippen molar-refractivity contribution in [2.24, 2.45) is 5.92 Å². The number of imidazole rings is 1. The van der Waals surface area contributed by atoms with Gasteiger partial charge in [0.1, 0.15) is 11.5 Å². The van der Waals surface area contributed by atoms with Crippen LogP contribution in [-0.2, 0) is 6.54 Å². The third-order valence-corrected chi connectivity index (χ3v) is 7.73. The normalized spacial score (nSPS) is 14.3. The Morgan fingerprint density at radius 1 is 1.07 bits per heavy atom. The fraction of sp³-hybridized carbons (Fsp3) is 0.242. The van der Waals surface area contributed by atoms with E-state index in [9.17, 15) is 4.39 Å². The van der Waals surface area contributed by atoms with Crippen molar-refractivity contribution in [3.63, 3.8) is 0 Å². The van der Waals surface area contributed by atoms with Gasteiger partial charge in [-0.3, -0.25) is 10.1 Å². The first-order chi connectivity index (χ1) is 19.6. The van der Waals surface area contributed by atoms with E-state index in [1.54, 1.807) is 18.2 Å². The van der Waals surface area contributed by atoms with Gasteiger partial charge in [0.2, 0.25) is 0 Å². The molecule has 0 radical (unpaired) electrons. The number of nitrogens with zero attached hydrogens (tertiary/aromatic N) is 3. The molecule has 7 heteroatoms. The Labute approximate surface area is 233 Å². The highest BCUT2D eigenvalue weighted by molar-refractivity contribution is 5.94. The maximum Gasteiger partial charge on any atom is 0.159 e. The second kappa shape index (κ2) is 11.4. The van der Waals surface area contributed by atoms with Gasteiger partial charge in [0.25, 0.3) is 0 Å². The van der Waals surface area contributed by atoms with Gasteiger partial charge >= 0.3 is 0 Å². The number of aryl methyl sites for hydroxylation is 1. The van der Waals surface area contributed by atoms with Crippen LogP contribution in [0.2, 0.25) is 0 Å². The molecule has 202 valence electrons. The number of allylic oxidation sites excluding steroid dienone is 2. The summed E-state index contributed by atoms with van der Waals surface area (Å²) in [4.78, 5) is 12.9. The molecule has 6 nitrogen and oxygen atoms in total. The van der Waals surface area contributed by atoms with Gasteiger partial charge < -0.3 is 10.3 Å². The number of hydrogen-bond donors (Lipinski definition) is 3. The predicted octanol–water partition coefficient (Wildman–Crippen LogP) is 7.36. The number of halogens is 1. The Morgan fingerprint density at radius 2 is 1.90 bits per heavy atom. The molecule has 3 heterocycles. The largest absolute Gasteiger partial charge is 0.340 e. The van der Waals surface area contributed by atoms with Crippen LogP contribution in [0.15, 0.2) is 79.7 Å².